The molecule has 1 aromatic carbocycles. The minimum absolute atomic E-state index is 0.00604. The molecule has 0 aliphatic heterocycles. The molecule has 0 aliphatic rings. The second kappa shape index (κ2) is 8.08. The molecule has 0 unspecified atom stereocenters. The van der Waals surface area contributed by atoms with Crippen molar-refractivity contribution in [3.8, 4) is 0 Å². The first-order valence-corrected chi connectivity index (χ1v) is 7.79. The Morgan fingerprint density at radius 2 is 2.05 bits per heavy atom. The summed E-state index contributed by atoms with van der Waals surface area (Å²) in [4.78, 5) is 11.0. The summed E-state index contributed by atoms with van der Waals surface area (Å²) >= 11 is 0. The van der Waals surface area contributed by atoms with Gasteiger partial charge < -0.3 is 9.84 Å². The van der Waals surface area contributed by atoms with E-state index in [1.165, 1.54) is 14.2 Å². The molecule has 0 heterocycles. The van der Waals surface area contributed by atoms with Gasteiger partial charge in [0.15, 0.2) is 0 Å². The normalized spacial score (nSPS) is 11.6. The van der Waals surface area contributed by atoms with Crippen molar-refractivity contribution in [2.75, 3.05) is 20.7 Å². The fourth-order valence-corrected chi connectivity index (χ4v) is 2.49. The van der Waals surface area contributed by atoms with Gasteiger partial charge in [-0.1, -0.05) is 24.3 Å². The number of benzene rings is 1. The summed E-state index contributed by atoms with van der Waals surface area (Å²) in [5.41, 5.74) is 1.46. The number of nitrogens with one attached hydrogen (secondary N) is 1. The van der Waals surface area contributed by atoms with Gasteiger partial charge in [-0.25, -0.2) is 0 Å². The molecule has 0 atom stereocenters. The molecule has 0 aromatic heterocycles. The van der Waals surface area contributed by atoms with E-state index >= 15 is 0 Å². The maximum absolute atomic E-state index is 12.0. The molecule has 1 rings (SSSR count). The molecule has 21 heavy (non-hydrogen) atoms. The predicted octanol–water partition coefficient (Wildman–Crippen LogP) is 0.00820. The van der Waals surface area contributed by atoms with Crippen LogP contribution in [-0.4, -0.2) is 44.5 Å². The average molecular weight is 316 g/mol. The number of aliphatic hydroxyl groups excluding tert-OH is 1. The van der Waals surface area contributed by atoms with E-state index in [1.807, 2.05) is 0 Å². The van der Waals surface area contributed by atoms with Crippen LogP contribution in [0.1, 0.15) is 17.5 Å². The number of rotatable bonds is 8. The highest BCUT2D eigenvalue weighted by atomic mass is 32.2. The second-order valence-corrected chi connectivity index (χ2v) is 6.31. The lowest BCUT2D eigenvalue weighted by atomic mass is 10.1. The van der Waals surface area contributed by atoms with E-state index in [1.54, 1.807) is 24.3 Å². The van der Waals surface area contributed by atoms with Crippen LogP contribution in [0.3, 0.4) is 0 Å². The molecule has 0 saturated heterocycles. The van der Waals surface area contributed by atoms with Gasteiger partial charge in [0.25, 0.3) is 10.2 Å². The van der Waals surface area contributed by atoms with E-state index in [0.29, 0.717) is 5.56 Å². The summed E-state index contributed by atoms with van der Waals surface area (Å²) in [6.07, 6.45) is -0.00604. The first kappa shape index (κ1) is 17.6. The molecule has 0 radical (unpaired) electrons. The zero-order chi connectivity index (χ0) is 15.9. The van der Waals surface area contributed by atoms with E-state index in [0.717, 1.165) is 9.87 Å². The lowest BCUT2D eigenvalue weighted by molar-refractivity contribution is -0.140. The quantitative estimate of drug-likeness (QED) is 0.659. The summed E-state index contributed by atoms with van der Waals surface area (Å²) in [6.45, 7) is 0.0526. The summed E-state index contributed by atoms with van der Waals surface area (Å²) in [5.74, 6) is -0.465. The molecular formula is C13H20N2O5S. The van der Waals surface area contributed by atoms with Crippen molar-refractivity contribution in [3.63, 3.8) is 0 Å². The summed E-state index contributed by atoms with van der Waals surface area (Å²) < 4.78 is 31.9. The Kier molecular flexibility index (Phi) is 6.76. The number of carbonyl (C=O) groups is 1. The molecule has 7 nitrogen and oxygen atoms in total. The molecule has 0 saturated carbocycles. The maximum atomic E-state index is 12.0. The largest absolute Gasteiger partial charge is 0.469 e. The maximum Gasteiger partial charge on any atom is 0.306 e. The minimum Gasteiger partial charge on any atom is -0.469 e. The third kappa shape index (κ3) is 5.80. The third-order valence-electron chi connectivity index (χ3n) is 2.90. The number of hydrogen-bond donors (Lipinski definition) is 2. The van der Waals surface area contributed by atoms with E-state index in [4.69, 9.17) is 5.11 Å². The standard InChI is InChI=1S/C13H20N2O5S/c1-15(7-6-13(17)20-2)21(18,19)14-9-11-4-3-5-12(8-11)10-16/h3-5,8,14,16H,6-7,9-10H2,1-2H3. The van der Waals surface area contributed by atoms with Crippen molar-refractivity contribution in [2.45, 2.75) is 19.6 Å². The Labute approximate surface area is 124 Å². The molecular weight excluding hydrogens is 296 g/mol. The van der Waals surface area contributed by atoms with E-state index < -0.39 is 16.2 Å². The number of methoxy groups -OCH3 is 1. The minimum atomic E-state index is -3.67. The summed E-state index contributed by atoms with van der Waals surface area (Å²) in [5, 5.41) is 9.03. The number of nitrogens with zero attached hydrogens (tertiary/aromatic N) is 1. The Hall–Kier alpha value is -1.48. The highest BCUT2D eigenvalue weighted by Gasteiger charge is 2.18. The molecule has 2 N–H and O–H groups in total. The Bertz CT molecular complexity index is 574. The van der Waals surface area contributed by atoms with E-state index in [-0.39, 0.29) is 26.1 Å². The van der Waals surface area contributed by atoms with Gasteiger partial charge in [0, 0.05) is 20.1 Å². The smallest absolute Gasteiger partial charge is 0.306 e. The van der Waals surface area contributed by atoms with Crippen LogP contribution in [0.2, 0.25) is 0 Å². The Morgan fingerprint density at radius 1 is 1.38 bits per heavy atom. The number of hydrogen-bond acceptors (Lipinski definition) is 5. The molecule has 0 spiro atoms. The number of ether oxygens (including phenoxy) is 1. The van der Waals surface area contributed by atoms with Crippen LogP contribution in [0.5, 0.6) is 0 Å². The number of esters is 1. The summed E-state index contributed by atoms with van der Waals surface area (Å²) in [6, 6.07) is 6.98. The first-order chi connectivity index (χ1) is 9.89. The topological polar surface area (TPSA) is 95.9 Å². The van der Waals surface area contributed by atoms with Gasteiger partial charge in [-0.2, -0.15) is 17.4 Å². The van der Waals surface area contributed by atoms with Crippen LogP contribution in [0.4, 0.5) is 0 Å². The van der Waals surface area contributed by atoms with Crippen LogP contribution < -0.4 is 4.72 Å². The Balaban J connectivity index is 2.57. The van der Waals surface area contributed by atoms with Crippen molar-refractivity contribution in [2.24, 2.45) is 0 Å². The molecule has 0 fully saturated rings. The van der Waals surface area contributed by atoms with Crippen LogP contribution in [0.15, 0.2) is 24.3 Å². The van der Waals surface area contributed by atoms with Gasteiger partial charge in [-0.3, -0.25) is 4.79 Å². The molecule has 0 amide bonds. The van der Waals surface area contributed by atoms with E-state index in [9.17, 15) is 13.2 Å². The molecule has 118 valence electrons. The highest BCUT2D eigenvalue weighted by Crippen LogP contribution is 2.06. The zero-order valence-electron chi connectivity index (χ0n) is 12.1. The second-order valence-electron chi connectivity index (χ2n) is 4.45. The van der Waals surface area contributed by atoms with Crippen LogP contribution in [0, 0.1) is 0 Å². The molecule has 0 bridgehead atoms. The summed E-state index contributed by atoms with van der Waals surface area (Å²) in [7, 11) is -1.03. The van der Waals surface area contributed by atoms with Crippen molar-refractivity contribution >= 4 is 16.2 Å². The zero-order valence-corrected chi connectivity index (χ0v) is 12.9. The van der Waals surface area contributed by atoms with Crippen LogP contribution in [0.25, 0.3) is 0 Å². The van der Waals surface area contributed by atoms with Crippen molar-refractivity contribution < 1.29 is 23.1 Å². The number of carbonyl (C=O) groups excluding carboxylic acids is 1. The van der Waals surface area contributed by atoms with Crippen molar-refractivity contribution in [1.82, 2.24) is 9.03 Å². The molecule has 1 aromatic rings. The van der Waals surface area contributed by atoms with Gasteiger partial charge in [0.2, 0.25) is 0 Å². The van der Waals surface area contributed by atoms with Gasteiger partial charge in [0.1, 0.15) is 0 Å². The highest BCUT2D eigenvalue weighted by molar-refractivity contribution is 7.87. The van der Waals surface area contributed by atoms with Gasteiger partial charge in [-0.05, 0) is 11.1 Å². The van der Waals surface area contributed by atoms with E-state index in [2.05, 4.69) is 9.46 Å². The van der Waals surface area contributed by atoms with Crippen molar-refractivity contribution in [1.29, 1.82) is 0 Å². The number of aliphatic hydroxyl groups is 1. The van der Waals surface area contributed by atoms with Gasteiger partial charge in [-0.15, -0.1) is 0 Å². The monoisotopic (exact) mass is 316 g/mol. The van der Waals surface area contributed by atoms with Crippen LogP contribution >= 0.6 is 0 Å². The lowest BCUT2D eigenvalue weighted by Crippen LogP contribution is -2.38. The molecule has 0 aliphatic carbocycles. The predicted molar refractivity (Wildman–Crippen MR) is 77.4 cm³/mol. The van der Waals surface area contributed by atoms with Crippen molar-refractivity contribution in [3.05, 3.63) is 35.4 Å². The third-order valence-corrected chi connectivity index (χ3v) is 4.41. The average Bonchev–Trinajstić information content (AvgIpc) is 2.50. The first-order valence-electron chi connectivity index (χ1n) is 6.35. The fraction of sp³-hybridized carbons (Fsp3) is 0.462. The lowest BCUT2D eigenvalue weighted by Gasteiger charge is -2.17. The SMILES string of the molecule is COC(=O)CCN(C)S(=O)(=O)NCc1cccc(CO)c1. The van der Waals surface area contributed by atoms with Gasteiger partial charge >= 0.3 is 5.97 Å². The Morgan fingerprint density at radius 3 is 2.67 bits per heavy atom. The molecule has 8 heteroatoms. The van der Waals surface area contributed by atoms with Crippen LogP contribution in [-0.2, 0) is 32.9 Å². The van der Waals surface area contributed by atoms with Gasteiger partial charge in [0.05, 0.1) is 20.1 Å². The fourth-order valence-electron chi connectivity index (χ4n) is 1.59.